The summed E-state index contributed by atoms with van der Waals surface area (Å²) in [5, 5.41) is 13.3. The van der Waals surface area contributed by atoms with Crippen molar-refractivity contribution in [3.63, 3.8) is 0 Å². The van der Waals surface area contributed by atoms with Crippen LogP contribution in [0.4, 0.5) is 5.82 Å². The number of aromatic carboxylic acids is 1. The number of carbonyl (C=O) groups is 1. The molecule has 190 valence electrons. The molecule has 1 fully saturated rings. The Kier molecular flexibility index (Phi) is 6.77. The summed E-state index contributed by atoms with van der Waals surface area (Å²) >= 11 is 0. The number of nitrogens with zero attached hydrogens (tertiary/aromatic N) is 5. The van der Waals surface area contributed by atoms with Crippen LogP contribution in [0.25, 0.3) is 22.7 Å². The van der Waals surface area contributed by atoms with Gasteiger partial charge in [-0.2, -0.15) is 0 Å². The number of carboxylic acid groups (broad SMARTS) is 1. The van der Waals surface area contributed by atoms with Crippen LogP contribution in [-0.4, -0.2) is 41.6 Å². The average molecular weight is 489 g/mol. The van der Waals surface area contributed by atoms with Gasteiger partial charge in [-0.3, -0.25) is 4.98 Å². The highest BCUT2D eigenvalue weighted by atomic mass is 16.4. The highest BCUT2D eigenvalue weighted by molar-refractivity contribution is 5.92. The Hall–Kier alpha value is -3.29. The standard InChI is InChI=1S/C28H36N6O2/c1-16(2)21-12-13-29-22(14-21)27-33-25-23(34(27)15-19-10-8-17(3)9-11-19)24(31-26(32-25)28(35)36)30-18(4)20-6-5-7-20/h8,12-14,16,18-20H,5-7,9-11,15H2,1-4H3,(H,35,36)(H,30,31,32)/t18-,19?/m1/s1. The van der Waals surface area contributed by atoms with Gasteiger partial charge in [-0.1, -0.05) is 31.9 Å². The van der Waals surface area contributed by atoms with Crippen LogP contribution in [0.3, 0.4) is 0 Å². The van der Waals surface area contributed by atoms with Gasteiger partial charge in [-0.05, 0) is 81.4 Å². The first-order valence-corrected chi connectivity index (χ1v) is 13.2. The van der Waals surface area contributed by atoms with Crippen molar-refractivity contribution in [3.05, 3.63) is 41.4 Å². The molecule has 8 heteroatoms. The van der Waals surface area contributed by atoms with Gasteiger partial charge in [-0.15, -0.1) is 0 Å². The normalized spacial score (nSPS) is 19.2. The topological polar surface area (TPSA) is 106 Å². The number of nitrogens with one attached hydrogen (secondary N) is 1. The maximum atomic E-state index is 11.9. The van der Waals surface area contributed by atoms with Crippen molar-refractivity contribution in [1.29, 1.82) is 0 Å². The zero-order valence-electron chi connectivity index (χ0n) is 21.7. The third kappa shape index (κ3) is 4.86. The largest absolute Gasteiger partial charge is 0.475 e. The van der Waals surface area contributed by atoms with E-state index < -0.39 is 5.97 Å². The molecule has 36 heavy (non-hydrogen) atoms. The minimum absolute atomic E-state index is 0.188. The monoisotopic (exact) mass is 488 g/mol. The molecule has 3 aromatic rings. The molecule has 0 bridgehead atoms. The Morgan fingerprint density at radius 1 is 1.19 bits per heavy atom. The quantitative estimate of drug-likeness (QED) is 0.371. The molecule has 3 heterocycles. The van der Waals surface area contributed by atoms with Gasteiger partial charge in [0, 0.05) is 18.8 Å². The molecule has 0 aromatic carbocycles. The van der Waals surface area contributed by atoms with Crippen LogP contribution in [0.15, 0.2) is 30.0 Å². The summed E-state index contributed by atoms with van der Waals surface area (Å²) < 4.78 is 2.18. The van der Waals surface area contributed by atoms with E-state index >= 15 is 0 Å². The number of anilines is 1. The summed E-state index contributed by atoms with van der Waals surface area (Å²) in [6.07, 6.45) is 11.0. The minimum Gasteiger partial charge on any atom is -0.475 e. The number of hydrogen-bond acceptors (Lipinski definition) is 6. The number of pyridine rings is 1. The van der Waals surface area contributed by atoms with Crippen LogP contribution in [0.2, 0.25) is 0 Å². The van der Waals surface area contributed by atoms with Crippen LogP contribution in [0.5, 0.6) is 0 Å². The molecule has 0 radical (unpaired) electrons. The van der Waals surface area contributed by atoms with Crippen LogP contribution < -0.4 is 5.32 Å². The molecule has 0 amide bonds. The van der Waals surface area contributed by atoms with E-state index in [2.05, 4.69) is 64.7 Å². The minimum atomic E-state index is -1.15. The van der Waals surface area contributed by atoms with Crippen molar-refractivity contribution in [1.82, 2.24) is 24.5 Å². The Bertz CT molecular complexity index is 1310. The highest BCUT2D eigenvalue weighted by Crippen LogP contribution is 2.35. The first kappa shape index (κ1) is 24.4. The summed E-state index contributed by atoms with van der Waals surface area (Å²) in [7, 11) is 0. The number of rotatable bonds is 8. The van der Waals surface area contributed by atoms with E-state index in [0.717, 1.165) is 42.8 Å². The second-order valence-electron chi connectivity index (χ2n) is 10.9. The number of allylic oxidation sites excluding steroid dienone is 2. The number of carboxylic acids is 1. The lowest BCUT2D eigenvalue weighted by atomic mass is 9.80. The zero-order valence-corrected chi connectivity index (χ0v) is 21.7. The average Bonchev–Trinajstić information content (AvgIpc) is 3.18. The van der Waals surface area contributed by atoms with Gasteiger partial charge in [0.2, 0.25) is 5.82 Å². The van der Waals surface area contributed by atoms with Gasteiger partial charge in [0.05, 0.1) is 0 Å². The summed E-state index contributed by atoms with van der Waals surface area (Å²) in [5.74, 6) is 1.26. The predicted octanol–water partition coefficient (Wildman–Crippen LogP) is 6.06. The molecule has 2 aliphatic rings. The number of fused-ring (bicyclic) bond motifs is 1. The van der Waals surface area contributed by atoms with E-state index in [-0.39, 0.29) is 11.9 Å². The molecule has 2 N–H and O–H groups in total. The fourth-order valence-electron chi connectivity index (χ4n) is 5.25. The molecule has 0 saturated heterocycles. The molecule has 5 rings (SSSR count). The molecule has 0 spiro atoms. The smallest absolute Gasteiger partial charge is 0.374 e. The van der Waals surface area contributed by atoms with Gasteiger partial charge in [-0.25, -0.2) is 19.7 Å². The molecule has 2 atom stereocenters. The maximum Gasteiger partial charge on any atom is 0.374 e. The fourth-order valence-corrected chi connectivity index (χ4v) is 5.25. The molecule has 1 unspecified atom stereocenters. The summed E-state index contributed by atoms with van der Waals surface area (Å²) in [6.45, 7) is 9.43. The van der Waals surface area contributed by atoms with Crippen molar-refractivity contribution in [2.24, 2.45) is 11.8 Å². The molecular weight excluding hydrogens is 452 g/mol. The van der Waals surface area contributed by atoms with E-state index in [1.165, 1.54) is 30.4 Å². The third-order valence-electron chi connectivity index (χ3n) is 7.88. The van der Waals surface area contributed by atoms with Crippen LogP contribution >= 0.6 is 0 Å². The van der Waals surface area contributed by atoms with Crippen molar-refractivity contribution >= 4 is 23.0 Å². The molecule has 2 aliphatic carbocycles. The van der Waals surface area contributed by atoms with Crippen molar-refractivity contribution < 1.29 is 9.90 Å². The maximum absolute atomic E-state index is 11.9. The van der Waals surface area contributed by atoms with E-state index in [4.69, 9.17) is 4.98 Å². The first-order valence-electron chi connectivity index (χ1n) is 13.2. The Morgan fingerprint density at radius 3 is 2.64 bits per heavy atom. The number of hydrogen-bond donors (Lipinski definition) is 2. The summed E-state index contributed by atoms with van der Waals surface area (Å²) in [4.78, 5) is 30.3. The first-order chi connectivity index (χ1) is 17.3. The van der Waals surface area contributed by atoms with Gasteiger partial charge >= 0.3 is 5.97 Å². The van der Waals surface area contributed by atoms with Gasteiger partial charge < -0.3 is 15.0 Å². The van der Waals surface area contributed by atoms with Crippen LogP contribution in [-0.2, 0) is 6.54 Å². The Balaban J connectivity index is 1.67. The summed E-state index contributed by atoms with van der Waals surface area (Å²) in [5.41, 5.74) is 4.57. The molecule has 3 aromatic heterocycles. The van der Waals surface area contributed by atoms with E-state index in [0.29, 0.717) is 29.2 Å². The van der Waals surface area contributed by atoms with Gasteiger partial charge in [0.25, 0.3) is 0 Å². The molecule has 8 nitrogen and oxygen atoms in total. The highest BCUT2D eigenvalue weighted by Gasteiger charge is 2.28. The van der Waals surface area contributed by atoms with Crippen LogP contribution in [0, 0.1) is 11.8 Å². The SMILES string of the molecule is CC1=CCC(Cn2c(-c3cc(C(C)C)ccn3)nc3nc(C(=O)O)nc(N[C@H](C)C4CCC4)c32)CC1. The molecular formula is C28H36N6O2. The van der Waals surface area contributed by atoms with Crippen molar-refractivity contribution in [3.8, 4) is 11.5 Å². The Morgan fingerprint density at radius 2 is 2.00 bits per heavy atom. The van der Waals surface area contributed by atoms with Crippen LogP contribution in [0.1, 0.15) is 88.3 Å². The Labute approximate surface area is 212 Å². The third-order valence-corrected chi connectivity index (χ3v) is 7.88. The second kappa shape index (κ2) is 9.99. The van der Waals surface area contributed by atoms with Crippen molar-refractivity contribution in [2.45, 2.75) is 84.7 Å². The lowest BCUT2D eigenvalue weighted by Crippen LogP contribution is -2.31. The molecule has 1 saturated carbocycles. The van der Waals surface area contributed by atoms with E-state index in [1.807, 2.05) is 12.3 Å². The fraction of sp³-hybridized carbons (Fsp3) is 0.536. The number of aromatic nitrogens is 5. The van der Waals surface area contributed by atoms with Crippen molar-refractivity contribution in [2.75, 3.05) is 5.32 Å². The second-order valence-corrected chi connectivity index (χ2v) is 10.9. The lowest BCUT2D eigenvalue weighted by Gasteiger charge is -2.32. The van der Waals surface area contributed by atoms with Gasteiger partial charge in [0.15, 0.2) is 17.3 Å². The number of imidazole rings is 1. The van der Waals surface area contributed by atoms with Gasteiger partial charge in [0.1, 0.15) is 11.2 Å². The molecule has 0 aliphatic heterocycles. The van der Waals surface area contributed by atoms with E-state index in [9.17, 15) is 9.90 Å². The predicted molar refractivity (Wildman–Crippen MR) is 141 cm³/mol. The lowest BCUT2D eigenvalue weighted by molar-refractivity contribution is 0.0684. The van der Waals surface area contributed by atoms with E-state index in [1.54, 1.807) is 0 Å². The zero-order chi connectivity index (χ0) is 25.4. The summed E-state index contributed by atoms with van der Waals surface area (Å²) in [6, 6.07) is 4.31.